The van der Waals surface area contributed by atoms with E-state index >= 15 is 0 Å². The predicted octanol–water partition coefficient (Wildman–Crippen LogP) is 1.97. The van der Waals surface area contributed by atoms with Crippen molar-refractivity contribution in [2.24, 2.45) is 0 Å². The number of hydrogen-bond donors (Lipinski definition) is 0. The monoisotopic (exact) mass is 194 g/mol. The Hall–Kier alpha value is 0.607. The van der Waals surface area contributed by atoms with E-state index in [0.717, 1.165) is 0 Å². The van der Waals surface area contributed by atoms with Gasteiger partial charge in [0.15, 0.2) is 0 Å². The molecule has 0 aliphatic rings. The molecular formula is C5H10F2LiO3P. The molecule has 0 unspecified atom stereocenters. The van der Waals surface area contributed by atoms with Gasteiger partial charge in [-0.1, -0.05) is 0 Å². The molecule has 0 heterocycles. The van der Waals surface area contributed by atoms with Gasteiger partial charge in [0.2, 0.25) is 0 Å². The predicted molar refractivity (Wildman–Crippen MR) is 41.6 cm³/mol. The second-order valence-corrected chi connectivity index (χ2v) is 4.47. The van der Waals surface area contributed by atoms with Crippen molar-refractivity contribution in [3.63, 3.8) is 0 Å². The average Bonchev–Trinajstić information content (AvgIpc) is 1.86. The molecular weight excluding hydrogens is 184 g/mol. The van der Waals surface area contributed by atoms with Crippen molar-refractivity contribution in [1.29, 1.82) is 0 Å². The molecule has 0 rings (SSSR count). The molecule has 0 aliphatic heterocycles. The SMILES string of the molecule is [Li][C](F)(F)P(=O)(OCC)OCC. The van der Waals surface area contributed by atoms with Gasteiger partial charge in [-0.2, -0.15) is 0 Å². The molecule has 0 fully saturated rings. The fourth-order valence-electron chi connectivity index (χ4n) is 0.604. The fraction of sp³-hybridized carbons (Fsp3) is 1.00. The van der Waals surface area contributed by atoms with Gasteiger partial charge in [-0.05, 0) is 0 Å². The van der Waals surface area contributed by atoms with Crippen molar-refractivity contribution in [1.82, 2.24) is 0 Å². The van der Waals surface area contributed by atoms with E-state index < -0.39 is 11.9 Å². The fourth-order valence-corrected chi connectivity index (χ4v) is 1.81. The summed E-state index contributed by atoms with van der Waals surface area (Å²) < 4.78 is 41.9. The van der Waals surface area contributed by atoms with Crippen LogP contribution < -0.4 is 0 Å². The summed E-state index contributed by atoms with van der Waals surface area (Å²) >= 11 is 0.527. The van der Waals surface area contributed by atoms with E-state index in [4.69, 9.17) is 0 Å². The maximum absolute atomic E-state index is 12.6. The van der Waals surface area contributed by atoms with Crippen molar-refractivity contribution in [2.75, 3.05) is 13.2 Å². The molecule has 0 N–H and O–H groups in total. The van der Waals surface area contributed by atoms with E-state index in [1.54, 1.807) is 0 Å². The van der Waals surface area contributed by atoms with Crippen molar-refractivity contribution >= 4 is 25.3 Å². The van der Waals surface area contributed by atoms with Gasteiger partial charge < -0.3 is 0 Å². The molecule has 0 spiro atoms. The van der Waals surface area contributed by atoms with E-state index in [9.17, 15) is 13.3 Å². The first-order chi connectivity index (χ1) is 5.37. The summed E-state index contributed by atoms with van der Waals surface area (Å²) in [6, 6.07) is 0. The third-order valence-electron chi connectivity index (χ3n) is 1.08. The molecule has 12 heavy (non-hydrogen) atoms. The Kier molecular flexibility index (Phi) is 4.98. The second-order valence-electron chi connectivity index (χ2n) is 2.18. The summed E-state index contributed by atoms with van der Waals surface area (Å²) in [5.41, 5.74) is 0. The molecule has 0 aromatic rings. The summed E-state index contributed by atoms with van der Waals surface area (Å²) in [6.07, 6.45) is 0. The van der Waals surface area contributed by atoms with Crippen LogP contribution in [0.1, 0.15) is 13.8 Å². The quantitative estimate of drug-likeness (QED) is 0.495. The Bertz CT molecular complexity index is 172. The zero-order valence-electron chi connectivity index (χ0n) is 7.34. The Labute approximate surface area is 79.5 Å². The molecule has 0 saturated heterocycles. The molecule has 0 aliphatic carbocycles. The summed E-state index contributed by atoms with van der Waals surface area (Å²) in [7, 11) is -4.24. The number of alkyl halides is 2. The molecule has 0 radical (unpaired) electrons. The van der Waals surface area contributed by atoms with Gasteiger partial charge in [0, 0.05) is 0 Å². The molecule has 0 amide bonds. The van der Waals surface area contributed by atoms with Crippen LogP contribution in [0.15, 0.2) is 0 Å². The third-order valence-corrected chi connectivity index (χ3v) is 3.24. The van der Waals surface area contributed by atoms with Crippen LogP contribution in [0.2, 0.25) is 0 Å². The molecule has 0 atom stereocenters. The van der Waals surface area contributed by atoms with Gasteiger partial charge in [0.25, 0.3) is 0 Å². The summed E-state index contributed by atoms with van der Waals surface area (Å²) in [5.74, 6) is 0. The van der Waals surface area contributed by atoms with Gasteiger partial charge in [-0.3, -0.25) is 0 Å². The number of rotatable bonds is 5. The summed E-state index contributed by atoms with van der Waals surface area (Å²) in [4.78, 5) is 0. The van der Waals surface area contributed by atoms with E-state index in [2.05, 4.69) is 9.05 Å². The van der Waals surface area contributed by atoms with E-state index in [-0.39, 0.29) is 13.2 Å². The minimum absolute atomic E-state index is 0.0549. The van der Waals surface area contributed by atoms with Crippen LogP contribution in [0.25, 0.3) is 0 Å². The molecule has 3 nitrogen and oxygen atoms in total. The molecule has 68 valence electrons. The first kappa shape index (κ1) is 12.6. The zero-order valence-corrected chi connectivity index (χ0v) is 8.24. The Morgan fingerprint density at radius 3 is 1.83 bits per heavy atom. The van der Waals surface area contributed by atoms with Gasteiger partial charge in [0.05, 0.1) is 0 Å². The Morgan fingerprint density at radius 1 is 1.33 bits per heavy atom. The average molecular weight is 194 g/mol. The van der Waals surface area contributed by atoms with Gasteiger partial charge >= 0.3 is 79.1 Å². The van der Waals surface area contributed by atoms with Crippen molar-refractivity contribution in [2.45, 2.75) is 18.2 Å². The Morgan fingerprint density at radius 2 is 1.67 bits per heavy atom. The van der Waals surface area contributed by atoms with Crippen molar-refractivity contribution in [3.8, 4) is 0 Å². The van der Waals surface area contributed by atoms with Crippen LogP contribution in [-0.2, 0) is 13.6 Å². The summed E-state index contributed by atoms with van der Waals surface area (Å²) in [5, 5.41) is 0. The van der Waals surface area contributed by atoms with Crippen LogP contribution in [0.3, 0.4) is 0 Å². The van der Waals surface area contributed by atoms with E-state index in [1.165, 1.54) is 13.8 Å². The van der Waals surface area contributed by atoms with Crippen molar-refractivity contribution in [3.05, 3.63) is 0 Å². The first-order valence-corrected chi connectivity index (χ1v) is 5.18. The van der Waals surface area contributed by atoms with Crippen LogP contribution in [0.5, 0.6) is 0 Å². The topological polar surface area (TPSA) is 35.5 Å². The van der Waals surface area contributed by atoms with Crippen LogP contribution in [0.4, 0.5) is 8.78 Å². The number of hydrogen-bond acceptors (Lipinski definition) is 3. The third kappa shape index (κ3) is 3.16. The molecule has 0 aromatic carbocycles. The molecule has 0 saturated carbocycles. The van der Waals surface area contributed by atoms with Gasteiger partial charge in [0.1, 0.15) is 0 Å². The standard InChI is InChI=1S/C5H10F2O3P.Li/c1-3-9-11(8,5(6)7)10-4-2;/h3-4H2,1-2H3;. The zero-order chi connectivity index (χ0) is 9.83. The van der Waals surface area contributed by atoms with Crippen LogP contribution in [-0.4, -0.2) is 35.3 Å². The summed E-state index contributed by atoms with van der Waals surface area (Å²) in [6.45, 7) is 2.86. The second kappa shape index (κ2) is 4.74. The van der Waals surface area contributed by atoms with Gasteiger partial charge in [-0.25, -0.2) is 0 Å². The Balaban J connectivity index is 4.51. The van der Waals surface area contributed by atoms with Crippen LogP contribution >= 0.6 is 7.60 Å². The molecule has 7 heteroatoms. The van der Waals surface area contributed by atoms with E-state index in [0.29, 0.717) is 17.7 Å². The van der Waals surface area contributed by atoms with Gasteiger partial charge in [-0.15, -0.1) is 0 Å². The molecule has 0 aromatic heterocycles. The number of halogens is 2. The normalized spacial score (nSPS) is 13.5. The van der Waals surface area contributed by atoms with Crippen LogP contribution in [0, 0.1) is 0 Å². The minimum atomic E-state index is -4.24. The first-order valence-electron chi connectivity index (χ1n) is 3.64. The van der Waals surface area contributed by atoms with Crippen molar-refractivity contribution < 1.29 is 22.4 Å². The van der Waals surface area contributed by atoms with E-state index in [1.807, 2.05) is 0 Å². The maximum atomic E-state index is 12.6. The molecule has 0 bridgehead atoms.